The highest BCUT2D eigenvalue weighted by atomic mass is 32.1. The summed E-state index contributed by atoms with van der Waals surface area (Å²) in [4.78, 5) is 41.1. The van der Waals surface area contributed by atoms with Crippen LogP contribution in [0.2, 0.25) is 0 Å². The zero-order valence-electron chi connectivity index (χ0n) is 20.7. The van der Waals surface area contributed by atoms with Gasteiger partial charge in [0.2, 0.25) is 5.91 Å². The fourth-order valence-corrected chi connectivity index (χ4v) is 6.03. The van der Waals surface area contributed by atoms with E-state index in [0.29, 0.717) is 17.3 Å². The third-order valence-corrected chi connectivity index (χ3v) is 8.60. The minimum absolute atomic E-state index is 0.0426. The molecule has 2 aliphatic rings. The van der Waals surface area contributed by atoms with Crippen molar-refractivity contribution in [1.29, 1.82) is 0 Å². The Labute approximate surface area is 219 Å². The van der Waals surface area contributed by atoms with Crippen LogP contribution in [-0.2, 0) is 4.79 Å². The fourth-order valence-electron chi connectivity index (χ4n) is 5.04. The molecule has 2 aliphatic carbocycles. The summed E-state index contributed by atoms with van der Waals surface area (Å²) in [7, 11) is 0. The van der Waals surface area contributed by atoms with Crippen molar-refractivity contribution < 1.29 is 19.5 Å². The SMILES string of the molecule is C[C@H]1CC[C@H](C(=O)N(c2cc(-c3ccc(NC(=O)c4cccnn4)cc3)sc2C(=O)O)C2CCC2)CC1. The molecule has 0 spiro atoms. The van der Waals surface area contributed by atoms with Crippen molar-refractivity contribution >= 4 is 40.5 Å². The number of amides is 2. The molecule has 0 aliphatic heterocycles. The van der Waals surface area contributed by atoms with Gasteiger partial charge in [0.1, 0.15) is 4.88 Å². The lowest BCUT2D eigenvalue weighted by atomic mass is 9.81. The van der Waals surface area contributed by atoms with E-state index in [1.165, 1.54) is 17.5 Å². The number of carboxylic acids is 1. The summed E-state index contributed by atoms with van der Waals surface area (Å²) >= 11 is 1.18. The zero-order valence-corrected chi connectivity index (χ0v) is 21.5. The number of nitrogens with one attached hydrogen (secondary N) is 1. The maximum Gasteiger partial charge on any atom is 0.348 e. The highest BCUT2D eigenvalue weighted by Crippen LogP contribution is 2.42. The van der Waals surface area contributed by atoms with E-state index in [4.69, 9.17) is 0 Å². The molecule has 2 N–H and O–H groups in total. The molecule has 0 radical (unpaired) electrons. The van der Waals surface area contributed by atoms with Crippen LogP contribution in [0.1, 0.15) is 72.0 Å². The molecule has 2 amide bonds. The molecule has 192 valence electrons. The summed E-state index contributed by atoms with van der Waals surface area (Å²) in [5.74, 6) is -0.714. The van der Waals surface area contributed by atoms with E-state index in [0.717, 1.165) is 55.4 Å². The second kappa shape index (κ2) is 10.8. The molecule has 1 aromatic carbocycles. The summed E-state index contributed by atoms with van der Waals surface area (Å²) in [6, 6.07) is 12.3. The van der Waals surface area contributed by atoms with Crippen LogP contribution in [0, 0.1) is 11.8 Å². The molecular formula is C28H30N4O4S. The van der Waals surface area contributed by atoms with Gasteiger partial charge in [0.05, 0.1) is 5.69 Å². The Morgan fingerprint density at radius 1 is 1.03 bits per heavy atom. The van der Waals surface area contributed by atoms with Crippen LogP contribution in [-0.4, -0.2) is 39.1 Å². The minimum atomic E-state index is -1.02. The number of thiophene rings is 1. The Morgan fingerprint density at radius 2 is 1.76 bits per heavy atom. The average molecular weight is 519 g/mol. The number of benzene rings is 1. The number of nitrogens with zero attached hydrogens (tertiary/aromatic N) is 3. The number of rotatable bonds is 7. The Morgan fingerprint density at radius 3 is 2.35 bits per heavy atom. The van der Waals surface area contributed by atoms with E-state index in [1.807, 2.05) is 23.1 Å². The van der Waals surface area contributed by atoms with Crippen LogP contribution in [0.15, 0.2) is 48.7 Å². The van der Waals surface area contributed by atoms with E-state index in [1.54, 1.807) is 24.3 Å². The third-order valence-electron chi connectivity index (χ3n) is 7.44. The largest absolute Gasteiger partial charge is 0.477 e. The topological polar surface area (TPSA) is 112 Å². The Bertz CT molecular complexity index is 1280. The molecule has 9 heteroatoms. The number of carbonyl (C=O) groups is 3. The first-order chi connectivity index (χ1) is 17.9. The predicted molar refractivity (Wildman–Crippen MR) is 143 cm³/mol. The molecule has 8 nitrogen and oxygen atoms in total. The second-order valence-electron chi connectivity index (χ2n) is 10.0. The molecule has 0 bridgehead atoms. The Kier molecular flexibility index (Phi) is 7.32. The van der Waals surface area contributed by atoms with Gasteiger partial charge in [0, 0.05) is 28.7 Å². The van der Waals surface area contributed by atoms with Crippen molar-refractivity contribution in [3.05, 3.63) is 59.2 Å². The lowest BCUT2D eigenvalue weighted by Crippen LogP contribution is -2.48. The highest BCUT2D eigenvalue weighted by molar-refractivity contribution is 7.18. The smallest absolute Gasteiger partial charge is 0.348 e. The monoisotopic (exact) mass is 518 g/mol. The molecule has 2 heterocycles. The van der Waals surface area contributed by atoms with E-state index in [-0.39, 0.29) is 34.3 Å². The zero-order chi connectivity index (χ0) is 25.9. The number of aromatic nitrogens is 2. The van der Waals surface area contributed by atoms with Gasteiger partial charge in [-0.15, -0.1) is 16.4 Å². The van der Waals surface area contributed by atoms with Crippen LogP contribution < -0.4 is 10.2 Å². The van der Waals surface area contributed by atoms with Crippen molar-refractivity contribution in [3.8, 4) is 10.4 Å². The van der Waals surface area contributed by atoms with Gasteiger partial charge in [0.15, 0.2) is 5.69 Å². The Hall–Kier alpha value is -3.59. The standard InChI is InChI=1S/C28H30N4O4S/c1-17-7-9-19(10-8-17)27(34)32(21-4-2-5-21)23-16-24(37-25(23)28(35)36)18-11-13-20(14-12-18)30-26(33)22-6-3-15-29-31-22/h3,6,11-17,19,21H,2,4-5,7-10H2,1H3,(H,30,33)(H,35,36)/t17-,19-. The molecular weight excluding hydrogens is 488 g/mol. The van der Waals surface area contributed by atoms with Crippen LogP contribution in [0.5, 0.6) is 0 Å². The van der Waals surface area contributed by atoms with Crippen molar-refractivity contribution in [2.75, 3.05) is 10.2 Å². The van der Waals surface area contributed by atoms with Gasteiger partial charge in [0.25, 0.3) is 5.91 Å². The van der Waals surface area contributed by atoms with Crippen molar-refractivity contribution in [2.45, 2.75) is 57.9 Å². The Balaban J connectivity index is 1.40. The summed E-state index contributed by atoms with van der Waals surface area (Å²) in [5, 5.41) is 20.4. The van der Waals surface area contributed by atoms with Gasteiger partial charge >= 0.3 is 5.97 Å². The van der Waals surface area contributed by atoms with Crippen LogP contribution in [0.3, 0.4) is 0 Å². The molecule has 0 saturated heterocycles. The number of carboxylic acid groups (broad SMARTS) is 1. The van der Waals surface area contributed by atoms with Crippen molar-refractivity contribution in [2.24, 2.45) is 11.8 Å². The lowest BCUT2D eigenvalue weighted by Gasteiger charge is -2.40. The van der Waals surface area contributed by atoms with E-state index >= 15 is 0 Å². The van der Waals surface area contributed by atoms with Crippen molar-refractivity contribution in [1.82, 2.24) is 10.2 Å². The lowest BCUT2D eigenvalue weighted by molar-refractivity contribution is -0.124. The highest BCUT2D eigenvalue weighted by Gasteiger charge is 2.38. The van der Waals surface area contributed by atoms with Crippen LogP contribution in [0.4, 0.5) is 11.4 Å². The quantitative estimate of drug-likeness (QED) is 0.405. The number of hydrogen-bond acceptors (Lipinski definition) is 6. The molecule has 5 rings (SSSR count). The predicted octanol–water partition coefficient (Wildman–Crippen LogP) is 5.87. The number of carbonyl (C=O) groups excluding carboxylic acids is 2. The molecule has 2 aromatic heterocycles. The number of anilines is 2. The van der Waals surface area contributed by atoms with Gasteiger partial charge in [-0.05, 0) is 86.8 Å². The molecule has 37 heavy (non-hydrogen) atoms. The number of aromatic carboxylic acids is 1. The first-order valence-corrected chi connectivity index (χ1v) is 13.6. The first kappa shape index (κ1) is 25.1. The van der Waals surface area contributed by atoms with Gasteiger partial charge in [-0.1, -0.05) is 19.1 Å². The molecule has 2 saturated carbocycles. The average Bonchev–Trinajstić information content (AvgIpc) is 3.32. The van der Waals surface area contributed by atoms with Gasteiger partial charge in [-0.3, -0.25) is 9.59 Å². The normalized spacial score (nSPS) is 19.6. The summed E-state index contributed by atoms with van der Waals surface area (Å²) in [6.07, 6.45) is 8.16. The molecule has 0 atom stereocenters. The molecule has 2 fully saturated rings. The third kappa shape index (κ3) is 5.41. The summed E-state index contributed by atoms with van der Waals surface area (Å²) in [6.45, 7) is 2.23. The van der Waals surface area contributed by atoms with Gasteiger partial charge in [-0.25, -0.2) is 4.79 Å². The van der Waals surface area contributed by atoms with Gasteiger partial charge in [-0.2, -0.15) is 5.10 Å². The fraction of sp³-hybridized carbons (Fsp3) is 0.393. The molecule has 0 unspecified atom stereocenters. The maximum absolute atomic E-state index is 13.7. The van der Waals surface area contributed by atoms with Crippen molar-refractivity contribution in [3.63, 3.8) is 0 Å². The van der Waals surface area contributed by atoms with E-state index < -0.39 is 5.97 Å². The first-order valence-electron chi connectivity index (χ1n) is 12.8. The van der Waals surface area contributed by atoms with E-state index in [2.05, 4.69) is 22.4 Å². The maximum atomic E-state index is 13.7. The van der Waals surface area contributed by atoms with Gasteiger partial charge < -0.3 is 15.3 Å². The minimum Gasteiger partial charge on any atom is -0.477 e. The summed E-state index contributed by atoms with van der Waals surface area (Å²) in [5.41, 5.74) is 2.14. The summed E-state index contributed by atoms with van der Waals surface area (Å²) < 4.78 is 0. The van der Waals surface area contributed by atoms with Crippen LogP contribution >= 0.6 is 11.3 Å². The second-order valence-corrected chi connectivity index (χ2v) is 11.1. The van der Waals surface area contributed by atoms with Crippen LogP contribution in [0.25, 0.3) is 10.4 Å². The molecule has 3 aromatic rings. The van der Waals surface area contributed by atoms with E-state index in [9.17, 15) is 19.5 Å². The number of hydrogen-bond donors (Lipinski definition) is 2.